The topological polar surface area (TPSA) is 86.8 Å². The van der Waals surface area contributed by atoms with Gasteiger partial charge in [0, 0.05) is 47.6 Å². The normalized spacial score (nSPS) is 12.8. The molecule has 0 spiro atoms. The van der Waals surface area contributed by atoms with Crippen LogP contribution in [0.1, 0.15) is 44.2 Å². The van der Waals surface area contributed by atoms with Gasteiger partial charge in [-0.05, 0) is 61.7 Å². The molecule has 0 aliphatic rings. The molecule has 0 unspecified atom stereocenters. The summed E-state index contributed by atoms with van der Waals surface area (Å²) in [5.41, 5.74) is 1.66. The molecule has 0 radical (unpaired) electrons. The SMILES string of the molecule is CC[C@@H](C)NC(=O)[C@H](Cc1ccccc1)N(Cc1c(Cl)cccc1Cl)C(=O)CCCN(c1ccc(F)cc1)S(C)(=O)=O. The van der Waals surface area contributed by atoms with E-state index < -0.39 is 21.9 Å². The Labute approximate surface area is 257 Å². The molecular formula is C31H36Cl2FN3O4S. The second-order valence-electron chi connectivity index (χ2n) is 10.2. The first-order valence-corrected chi connectivity index (χ1v) is 16.3. The minimum Gasteiger partial charge on any atom is -0.352 e. The summed E-state index contributed by atoms with van der Waals surface area (Å²) < 4.78 is 39.6. The monoisotopic (exact) mass is 635 g/mol. The van der Waals surface area contributed by atoms with Gasteiger partial charge in [-0.2, -0.15) is 0 Å². The number of hydrogen-bond acceptors (Lipinski definition) is 4. The maximum Gasteiger partial charge on any atom is 0.243 e. The summed E-state index contributed by atoms with van der Waals surface area (Å²) in [7, 11) is -3.71. The molecule has 0 aliphatic heterocycles. The van der Waals surface area contributed by atoms with E-state index in [1.165, 1.54) is 29.2 Å². The highest BCUT2D eigenvalue weighted by Gasteiger charge is 2.32. The molecule has 2 atom stereocenters. The zero-order valence-electron chi connectivity index (χ0n) is 23.9. The number of rotatable bonds is 14. The Morgan fingerprint density at radius 3 is 2.14 bits per heavy atom. The molecule has 11 heteroatoms. The van der Waals surface area contributed by atoms with Gasteiger partial charge in [-0.3, -0.25) is 13.9 Å². The van der Waals surface area contributed by atoms with Crippen LogP contribution in [0.25, 0.3) is 0 Å². The second-order valence-corrected chi connectivity index (χ2v) is 12.9. The Morgan fingerprint density at radius 2 is 1.57 bits per heavy atom. The molecule has 3 aromatic carbocycles. The van der Waals surface area contributed by atoms with Crippen LogP contribution in [-0.4, -0.2) is 50.0 Å². The third-order valence-corrected chi connectivity index (χ3v) is 8.83. The quantitative estimate of drug-likeness (QED) is 0.227. The van der Waals surface area contributed by atoms with Crippen LogP contribution in [0.15, 0.2) is 72.8 Å². The van der Waals surface area contributed by atoms with E-state index in [1.54, 1.807) is 18.2 Å². The predicted molar refractivity (Wildman–Crippen MR) is 167 cm³/mol. The number of halogens is 3. The van der Waals surface area contributed by atoms with Crippen molar-refractivity contribution in [3.05, 3.63) is 99.8 Å². The molecule has 3 aromatic rings. The highest BCUT2D eigenvalue weighted by molar-refractivity contribution is 7.92. The number of nitrogens with zero attached hydrogens (tertiary/aromatic N) is 2. The molecule has 226 valence electrons. The molecule has 0 aliphatic carbocycles. The van der Waals surface area contributed by atoms with E-state index in [4.69, 9.17) is 23.2 Å². The van der Waals surface area contributed by atoms with Crippen molar-refractivity contribution < 1.29 is 22.4 Å². The zero-order chi connectivity index (χ0) is 30.9. The molecule has 0 saturated carbocycles. The second kappa shape index (κ2) is 15.4. The largest absolute Gasteiger partial charge is 0.352 e. The van der Waals surface area contributed by atoms with Crippen molar-refractivity contribution >= 4 is 50.7 Å². The van der Waals surface area contributed by atoms with E-state index in [0.29, 0.717) is 27.7 Å². The molecule has 0 saturated heterocycles. The van der Waals surface area contributed by atoms with Crippen LogP contribution in [0.4, 0.5) is 10.1 Å². The first-order valence-electron chi connectivity index (χ1n) is 13.7. The predicted octanol–water partition coefficient (Wildman–Crippen LogP) is 6.23. The molecule has 2 amide bonds. The molecule has 42 heavy (non-hydrogen) atoms. The summed E-state index contributed by atoms with van der Waals surface area (Å²) in [5.74, 6) is -1.16. The van der Waals surface area contributed by atoms with Crippen LogP contribution in [0.5, 0.6) is 0 Å². The number of anilines is 1. The molecule has 0 fully saturated rings. The fourth-order valence-corrected chi connectivity index (χ4v) is 5.94. The van der Waals surface area contributed by atoms with E-state index >= 15 is 0 Å². The number of amides is 2. The van der Waals surface area contributed by atoms with Gasteiger partial charge in [0.25, 0.3) is 0 Å². The number of sulfonamides is 1. The molecule has 3 rings (SSSR count). The highest BCUT2D eigenvalue weighted by Crippen LogP contribution is 2.28. The van der Waals surface area contributed by atoms with Gasteiger partial charge in [0.1, 0.15) is 11.9 Å². The maximum absolute atomic E-state index is 13.9. The van der Waals surface area contributed by atoms with Gasteiger partial charge < -0.3 is 10.2 Å². The summed E-state index contributed by atoms with van der Waals surface area (Å²) in [6.45, 7) is 3.82. The van der Waals surface area contributed by atoms with E-state index in [0.717, 1.165) is 16.1 Å². The van der Waals surface area contributed by atoms with Crippen LogP contribution < -0.4 is 9.62 Å². The smallest absolute Gasteiger partial charge is 0.243 e. The van der Waals surface area contributed by atoms with Gasteiger partial charge in [-0.25, -0.2) is 12.8 Å². The Hall–Kier alpha value is -3.14. The zero-order valence-corrected chi connectivity index (χ0v) is 26.2. The lowest BCUT2D eigenvalue weighted by Crippen LogP contribution is -2.52. The van der Waals surface area contributed by atoms with Crippen LogP contribution in [0.2, 0.25) is 10.0 Å². The van der Waals surface area contributed by atoms with Crippen LogP contribution >= 0.6 is 23.2 Å². The van der Waals surface area contributed by atoms with E-state index in [2.05, 4.69) is 5.32 Å². The molecular weight excluding hydrogens is 600 g/mol. The van der Waals surface area contributed by atoms with Crippen molar-refractivity contribution in [2.45, 2.75) is 58.2 Å². The average Bonchev–Trinajstić information content (AvgIpc) is 2.94. The van der Waals surface area contributed by atoms with Crippen molar-refractivity contribution in [1.82, 2.24) is 10.2 Å². The summed E-state index contributed by atoms with van der Waals surface area (Å²) in [6.07, 6.45) is 2.11. The van der Waals surface area contributed by atoms with Crippen LogP contribution in [0, 0.1) is 5.82 Å². The fourth-order valence-electron chi connectivity index (χ4n) is 4.46. The number of nitrogens with one attached hydrogen (secondary N) is 1. The maximum atomic E-state index is 13.9. The number of hydrogen-bond donors (Lipinski definition) is 1. The minimum atomic E-state index is -3.71. The minimum absolute atomic E-state index is 0.0146. The lowest BCUT2D eigenvalue weighted by molar-refractivity contribution is -0.141. The van der Waals surface area contributed by atoms with E-state index in [9.17, 15) is 22.4 Å². The van der Waals surface area contributed by atoms with Gasteiger partial charge in [0.15, 0.2) is 0 Å². The van der Waals surface area contributed by atoms with Crippen molar-refractivity contribution in [3.63, 3.8) is 0 Å². The van der Waals surface area contributed by atoms with Gasteiger partial charge in [-0.15, -0.1) is 0 Å². The number of carbonyl (C=O) groups excluding carboxylic acids is 2. The first kappa shape index (κ1) is 33.4. The fraction of sp³-hybridized carbons (Fsp3) is 0.355. The molecule has 1 N–H and O–H groups in total. The molecule has 7 nitrogen and oxygen atoms in total. The summed E-state index contributed by atoms with van der Waals surface area (Å²) in [4.78, 5) is 29.0. The van der Waals surface area contributed by atoms with Crippen molar-refractivity contribution in [1.29, 1.82) is 0 Å². The molecule has 0 bridgehead atoms. The lowest BCUT2D eigenvalue weighted by atomic mass is 10.0. The van der Waals surface area contributed by atoms with Gasteiger partial charge in [0.2, 0.25) is 21.8 Å². The average molecular weight is 637 g/mol. The van der Waals surface area contributed by atoms with E-state index in [1.807, 2.05) is 44.2 Å². The van der Waals surface area contributed by atoms with Crippen LogP contribution in [0.3, 0.4) is 0 Å². The van der Waals surface area contributed by atoms with Crippen molar-refractivity contribution in [3.8, 4) is 0 Å². The Kier molecular flexibility index (Phi) is 12.2. The van der Waals surface area contributed by atoms with Crippen molar-refractivity contribution in [2.24, 2.45) is 0 Å². The Balaban J connectivity index is 1.93. The molecule has 0 aromatic heterocycles. The van der Waals surface area contributed by atoms with Gasteiger partial charge in [-0.1, -0.05) is 66.5 Å². The number of benzene rings is 3. The highest BCUT2D eigenvalue weighted by atomic mass is 35.5. The third-order valence-electron chi connectivity index (χ3n) is 6.93. The molecule has 0 heterocycles. The third kappa shape index (κ3) is 9.44. The van der Waals surface area contributed by atoms with E-state index in [-0.39, 0.29) is 50.2 Å². The summed E-state index contributed by atoms with van der Waals surface area (Å²) >= 11 is 13.0. The Morgan fingerprint density at radius 1 is 0.952 bits per heavy atom. The lowest BCUT2D eigenvalue weighted by Gasteiger charge is -2.33. The first-order chi connectivity index (χ1) is 19.9. The summed E-state index contributed by atoms with van der Waals surface area (Å²) in [6, 6.07) is 18.5. The van der Waals surface area contributed by atoms with Gasteiger partial charge >= 0.3 is 0 Å². The number of carbonyl (C=O) groups is 2. The summed E-state index contributed by atoms with van der Waals surface area (Å²) in [5, 5.41) is 3.73. The van der Waals surface area contributed by atoms with Crippen molar-refractivity contribution in [2.75, 3.05) is 17.1 Å². The van der Waals surface area contributed by atoms with Gasteiger partial charge in [0.05, 0.1) is 11.9 Å². The standard InChI is InChI=1S/C31H36Cl2FN3O4S/c1-4-22(2)35-31(39)29(20-23-10-6-5-7-11-23)36(21-26-27(32)12-8-13-28(26)33)30(38)14-9-19-37(42(3,40)41)25-17-15-24(34)16-18-25/h5-8,10-13,15-18,22,29H,4,9,14,19-21H2,1-3H3,(H,35,39)/t22-,29+/m1/s1. The Bertz CT molecular complexity index is 1440. The van der Waals surface area contributed by atoms with Crippen LogP contribution in [-0.2, 0) is 32.6 Å².